The molecule has 0 saturated carbocycles. The smallest absolute Gasteiger partial charge is 0.341 e. The van der Waals surface area contributed by atoms with Crippen LogP contribution in [0.15, 0.2) is 59.1 Å². The summed E-state index contributed by atoms with van der Waals surface area (Å²) in [7, 11) is 1.27. The lowest BCUT2D eigenvalue weighted by Gasteiger charge is -2.19. The molecule has 0 unspecified atom stereocenters. The highest BCUT2D eigenvalue weighted by atomic mass is 32.2. The van der Waals surface area contributed by atoms with Crippen molar-refractivity contribution in [3.8, 4) is 16.9 Å². The summed E-state index contributed by atoms with van der Waals surface area (Å²) in [6, 6.07) is 13.8. The molecule has 0 saturated heterocycles. The number of carbonyl (C=O) groups is 2. The molecule has 0 spiro atoms. The number of carbonyl (C=O) groups excluding carboxylic acids is 2. The minimum atomic E-state index is -0.591. The van der Waals surface area contributed by atoms with E-state index < -0.39 is 5.97 Å². The fourth-order valence-electron chi connectivity index (χ4n) is 3.94. The van der Waals surface area contributed by atoms with Gasteiger partial charge in [-0.2, -0.15) is 0 Å². The van der Waals surface area contributed by atoms with Crippen molar-refractivity contribution in [3.05, 3.63) is 76.7 Å². The summed E-state index contributed by atoms with van der Waals surface area (Å²) in [4.78, 5) is 25.4. The van der Waals surface area contributed by atoms with Crippen LogP contribution >= 0.6 is 23.1 Å². The number of anilines is 1. The zero-order chi connectivity index (χ0) is 28.9. The molecule has 4 aromatic rings. The molecule has 40 heavy (non-hydrogen) atoms. The molecule has 0 fully saturated rings. The van der Waals surface area contributed by atoms with E-state index in [1.807, 2.05) is 23.6 Å². The number of aromatic nitrogens is 3. The molecule has 1 amide bonds. The van der Waals surface area contributed by atoms with Gasteiger partial charge in [-0.3, -0.25) is 4.79 Å². The van der Waals surface area contributed by atoms with E-state index in [1.165, 1.54) is 47.9 Å². The van der Waals surface area contributed by atoms with Crippen molar-refractivity contribution >= 4 is 40.0 Å². The first-order valence-electron chi connectivity index (χ1n) is 12.6. The van der Waals surface area contributed by atoms with Crippen LogP contribution in [-0.4, -0.2) is 39.5 Å². The van der Waals surface area contributed by atoms with Gasteiger partial charge in [-0.1, -0.05) is 56.8 Å². The van der Waals surface area contributed by atoms with Crippen molar-refractivity contribution in [2.45, 2.75) is 51.4 Å². The van der Waals surface area contributed by atoms with Gasteiger partial charge >= 0.3 is 5.97 Å². The molecule has 0 aliphatic carbocycles. The second-order valence-corrected chi connectivity index (χ2v) is 11.7. The van der Waals surface area contributed by atoms with E-state index in [0.717, 1.165) is 5.75 Å². The third-order valence-corrected chi connectivity index (χ3v) is 7.98. The number of thioether (sulfide) groups is 1. The third kappa shape index (κ3) is 6.89. The summed E-state index contributed by atoms with van der Waals surface area (Å²) in [6.45, 7) is 9.31. The molecule has 8 nitrogen and oxygen atoms in total. The summed E-state index contributed by atoms with van der Waals surface area (Å²) in [5, 5.41) is 14.0. The summed E-state index contributed by atoms with van der Waals surface area (Å²) < 4.78 is 26.2. The van der Waals surface area contributed by atoms with E-state index in [0.29, 0.717) is 33.7 Å². The largest absolute Gasteiger partial charge is 0.486 e. The first kappa shape index (κ1) is 29.3. The number of halogens is 1. The van der Waals surface area contributed by atoms with Gasteiger partial charge in [-0.05, 0) is 47.7 Å². The van der Waals surface area contributed by atoms with Crippen LogP contribution in [0.4, 0.5) is 9.39 Å². The molecule has 0 atom stereocenters. The highest BCUT2D eigenvalue weighted by Gasteiger charge is 2.23. The lowest BCUT2D eigenvalue weighted by Crippen LogP contribution is -2.16. The Labute approximate surface area is 240 Å². The number of rotatable bonds is 10. The van der Waals surface area contributed by atoms with Crippen molar-refractivity contribution in [1.29, 1.82) is 0 Å². The van der Waals surface area contributed by atoms with Crippen molar-refractivity contribution < 1.29 is 23.5 Å². The summed E-state index contributed by atoms with van der Waals surface area (Å²) in [6.07, 6.45) is 0. The van der Waals surface area contributed by atoms with Gasteiger partial charge in [0, 0.05) is 17.5 Å². The monoisotopic (exact) mass is 582 g/mol. The van der Waals surface area contributed by atoms with E-state index in [2.05, 4.69) is 48.4 Å². The second-order valence-electron chi connectivity index (χ2n) is 9.89. The third-order valence-electron chi connectivity index (χ3n) is 6.12. The standard InChI is InChI=1S/C29H31FN4O4S2/c1-6-34-23(15-38-21-13-9-19(10-14-21)29(2,3)4)32-33-28(34)40-17-24(35)31-26-25(27(36)37-5)22(16-39-26)18-7-11-20(30)12-8-18/h7-14,16H,6,15,17H2,1-5H3,(H,31,35). The maximum absolute atomic E-state index is 13.4. The molecule has 210 valence electrons. The Kier molecular flexibility index (Phi) is 9.26. The number of hydrogen-bond acceptors (Lipinski definition) is 8. The van der Waals surface area contributed by atoms with Crippen LogP contribution in [0.3, 0.4) is 0 Å². The molecule has 2 aromatic carbocycles. The molecule has 0 radical (unpaired) electrons. The van der Waals surface area contributed by atoms with Gasteiger partial charge in [0.05, 0.1) is 12.9 Å². The highest BCUT2D eigenvalue weighted by Crippen LogP contribution is 2.36. The number of benzene rings is 2. The van der Waals surface area contributed by atoms with Gasteiger partial charge < -0.3 is 19.4 Å². The zero-order valence-electron chi connectivity index (χ0n) is 23.0. The average molecular weight is 583 g/mol. The molecule has 0 bridgehead atoms. The predicted octanol–water partition coefficient (Wildman–Crippen LogP) is 6.56. The Morgan fingerprint density at radius 1 is 1.07 bits per heavy atom. The molecule has 4 rings (SSSR count). The van der Waals surface area contributed by atoms with E-state index in [9.17, 15) is 14.0 Å². The molecule has 0 aliphatic rings. The van der Waals surface area contributed by atoms with Crippen molar-refractivity contribution in [2.75, 3.05) is 18.2 Å². The Morgan fingerprint density at radius 2 is 1.77 bits per heavy atom. The first-order chi connectivity index (χ1) is 19.1. The summed E-state index contributed by atoms with van der Waals surface area (Å²) >= 11 is 2.44. The maximum atomic E-state index is 13.4. The minimum absolute atomic E-state index is 0.0532. The first-order valence-corrected chi connectivity index (χ1v) is 14.5. The Hall–Kier alpha value is -3.70. The fourth-order valence-corrected chi connectivity index (χ4v) is 5.73. The molecular formula is C29H31FN4O4S2. The van der Waals surface area contributed by atoms with Gasteiger partial charge in [0.2, 0.25) is 5.91 Å². The Balaban J connectivity index is 1.40. The van der Waals surface area contributed by atoms with Crippen molar-refractivity contribution in [1.82, 2.24) is 14.8 Å². The van der Waals surface area contributed by atoms with Crippen LogP contribution in [0.25, 0.3) is 11.1 Å². The molecular weight excluding hydrogens is 551 g/mol. The number of nitrogens with zero attached hydrogens (tertiary/aromatic N) is 3. The van der Waals surface area contributed by atoms with E-state index in [1.54, 1.807) is 17.5 Å². The number of nitrogens with one attached hydrogen (secondary N) is 1. The topological polar surface area (TPSA) is 95.3 Å². The number of amides is 1. The van der Waals surface area contributed by atoms with Crippen molar-refractivity contribution in [3.63, 3.8) is 0 Å². The average Bonchev–Trinajstić information content (AvgIpc) is 3.54. The van der Waals surface area contributed by atoms with Crippen LogP contribution in [0.5, 0.6) is 5.75 Å². The maximum Gasteiger partial charge on any atom is 0.341 e. The van der Waals surface area contributed by atoms with Gasteiger partial charge in [0.15, 0.2) is 11.0 Å². The van der Waals surface area contributed by atoms with Crippen LogP contribution in [0, 0.1) is 5.82 Å². The fraction of sp³-hybridized carbons (Fsp3) is 0.310. The second kappa shape index (κ2) is 12.6. The molecule has 11 heteroatoms. The van der Waals surface area contributed by atoms with E-state index in [4.69, 9.17) is 9.47 Å². The number of hydrogen-bond donors (Lipinski definition) is 1. The SMILES string of the molecule is CCn1c(COc2ccc(C(C)(C)C)cc2)nnc1SCC(=O)Nc1scc(-c2ccc(F)cc2)c1C(=O)OC. The van der Waals surface area contributed by atoms with Crippen molar-refractivity contribution in [2.24, 2.45) is 0 Å². The molecule has 2 aromatic heterocycles. The van der Waals surface area contributed by atoms with Crippen LogP contribution in [-0.2, 0) is 28.1 Å². The van der Waals surface area contributed by atoms with E-state index >= 15 is 0 Å². The van der Waals surface area contributed by atoms with Gasteiger partial charge in [0.25, 0.3) is 0 Å². The van der Waals surface area contributed by atoms with Crippen LogP contribution in [0.2, 0.25) is 0 Å². The Bertz CT molecular complexity index is 1480. The highest BCUT2D eigenvalue weighted by molar-refractivity contribution is 7.99. The zero-order valence-corrected chi connectivity index (χ0v) is 24.6. The summed E-state index contributed by atoms with van der Waals surface area (Å²) in [5.41, 5.74) is 2.71. The van der Waals surface area contributed by atoms with Gasteiger partial charge in [-0.15, -0.1) is 21.5 Å². The predicted molar refractivity (Wildman–Crippen MR) is 156 cm³/mol. The number of ether oxygens (including phenoxy) is 2. The number of thiophene rings is 1. The lowest BCUT2D eigenvalue weighted by atomic mass is 9.87. The number of esters is 1. The van der Waals surface area contributed by atoms with E-state index in [-0.39, 0.29) is 35.1 Å². The minimum Gasteiger partial charge on any atom is -0.486 e. The van der Waals surface area contributed by atoms with Gasteiger partial charge in [0.1, 0.15) is 28.7 Å². The number of methoxy groups -OCH3 is 1. The van der Waals surface area contributed by atoms with Crippen LogP contribution in [0.1, 0.15) is 49.4 Å². The molecule has 2 heterocycles. The summed E-state index contributed by atoms with van der Waals surface area (Å²) in [5.74, 6) is 0.160. The lowest BCUT2D eigenvalue weighted by molar-refractivity contribution is -0.113. The molecule has 1 N–H and O–H groups in total. The molecule has 0 aliphatic heterocycles. The Morgan fingerprint density at radius 3 is 2.40 bits per heavy atom. The quantitative estimate of drug-likeness (QED) is 0.167. The van der Waals surface area contributed by atoms with Crippen LogP contribution < -0.4 is 10.1 Å². The van der Waals surface area contributed by atoms with Gasteiger partial charge in [-0.25, -0.2) is 9.18 Å². The normalized spacial score (nSPS) is 11.3.